The third-order valence-corrected chi connectivity index (χ3v) is 5.04. The van der Waals surface area contributed by atoms with Crippen LogP contribution in [0.5, 0.6) is 11.6 Å². The lowest BCUT2D eigenvalue weighted by Gasteiger charge is -2.11. The first-order chi connectivity index (χ1) is 17.2. The van der Waals surface area contributed by atoms with Crippen molar-refractivity contribution in [1.82, 2.24) is 19.9 Å². The quantitative estimate of drug-likeness (QED) is 0.307. The summed E-state index contributed by atoms with van der Waals surface area (Å²) < 4.78 is 6.01. The first kappa shape index (κ1) is 23.6. The molecule has 0 bridgehead atoms. The van der Waals surface area contributed by atoms with E-state index in [1.807, 2.05) is 74.5 Å². The third-order valence-electron chi connectivity index (χ3n) is 5.04. The smallest absolute Gasteiger partial charge is 0.217 e. The van der Waals surface area contributed by atoms with Crippen LogP contribution >= 0.6 is 0 Å². The minimum Gasteiger partial charge on any atom is -0.508 e. The van der Waals surface area contributed by atoms with Gasteiger partial charge in [0.05, 0.1) is 5.69 Å². The highest BCUT2D eigenvalue weighted by Crippen LogP contribution is 2.29. The second-order valence-corrected chi connectivity index (χ2v) is 7.42. The maximum Gasteiger partial charge on any atom is 0.217 e. The molecule has 0 amide bonds. The molecule has 2 aromatic carbocycles. The van der Waals surface area contributed by atoms with E-state index in [9.17, 15) is 5.11 Å². The summed E-state index contributed by atoms with van der Waals surface area (Å²) in [6, 6.07) is 26.4. The molecule has 3 heterocycles. The molecule has 0 spiro atoms. The Morgan fingerprint density at radius 1 is 0.714 bits per heavy atom. The predicted octanol–water partition coefficient (Wildman–Crippen LogP) is 6.58. The van der Waals surface area contributed by atoms with E-state index >= 15 is 0 Å². The summed E-state index contributed by atoms with van der Waals surface area (Å²) in [6.45, 7) is 4.39. The molecular weight excluding hydrogens is 436 g/mol. The van der Waals surface area contributed by atoms with Crippen LogP contribution in [-0.4, -0.2) is 25.0 Å². The summed E-state index contributed by atoms with van der Waals surface area (Å²) in [6.07, 6.45) is 5.21. The Bertz CT molecular complexity index is 1380. The van der Waals surface area contributed by atoms with Crippen molar-refractivity contribution in [1.29, 1.82) is 0 Å². The monoisotopic (exact) mass is 462 g/mol. The van der Waals surface area contributed by atoms with Gasteiger partial charge in [0.1, 0.15) is 18.1 Å². The number of hydrogen-bond acceptors (Lipinski definition) is 6. The zero-order chi connectivity index (χ0) is 24.5. The number of ether oxygens (including phenoxy) is 1. The minimum atomic E-state index is 0.203. The van der Waals surface area contributed by atoms with Gasteiger partial charge in [0, 0.05) is 35.8 Å². The largest absolute Gasteiger partial charge is 0.508 e. The molecular formula is C29H26N4O2. The van der Waals surface area contributed by atoms with Crippen molar-refractivity contribution in [3.63, 3.8) is 0 Å². The number of hydrogen-bond donors (Lipinski definition) is 1. The predicted molar refractivity (Wildman–Crippen MR) is 138 cm³/mol. The number of nitrogens with zero attached hydrogens (tertiary/aromatic N) is 4. The highest BCUT2D eigenvalue weighted by Gasteiger charge is 2.12. The van der Waals surface area contributed by atoms with Crippen LogP contribution in [0.15, 0.2) is 104 Å². The van der Waals surface area contributed by atoms with Crippen LogP contribution in [-0.2, 0) is 6.61 Å². The van der Waals surface area contributed by atoms with Crippen molar-refractivity contribution in [2.75, 3.05) is 0 Å². The molecule has 0 unspecified atom stereocenters. The molecule has 0 aliphatic heterocycles. The Kier molecular flexibility index (Phi) is 7.76. The molecule has 174 valence electrons. The highest BCUT2D eigenvalue weighted by atomic mass is 16.5. The first-order valence-electron chi connectivity index (χ1n) is 11.5. The number of aromatic hydroxyl groups is 1. The van der Waals surface area contributed by atoms with E-state index < -0.39 is 0 Å². The van der Waals surface area contributed by atoms with E-state index in [1.165, 1.54) is 0 Å². The lowest BCUT2D eigenvalue weighted by atomic mass is 10.0. The molecule has 5 aromatic rings. The SMILES string of the molecule is CC.Oc1cccc(-c2cncc(-c3cc(OCc4ccccc4)nc(-c4ccccn4)n3)c2)c1. The molecule has 0 aliphatic rings. The number of benzene rings is 2. The van der Waals surface area contributed by atoms with Crippen LogP contribution in [0.4, 0.5) is 0 Å². The van der Waals surface area contributed by atoms with Gasteiger partial charge in [-0.1, -0.05) is 62.4 Å². The van der Waals surface area contributed by atoms with E-state index in [0.29, 0.717) is 29.7 Å². The zero-order valence-electron chi connectivity index (χ0n) is 19.7. The molecule has 6 nitrogen and oxygen atoms in total. The van der Waals surface area contributed by atoms with Crippen molar-refractivity contribution in [2.24, 2.45) is 0 Å². The summed E-state index contributed by atoms with van der Waals surface area (Å²) in [7, 11) is 0. The molecule has 0 atom stereocenters. The van der Waals surface area contributed by atoms with Crippen LogP contribution in [0.3, 0.4) is 0 Å². The van der Waals surface area contributed by atoms with Gasteiger partial charge in [-0.15, -0.1) is 0 Å². The summed E-state index contributed by atoms with van der Waals surface area (Å²) in [5, 5.41) is 9.85. The van der Waals surface area contributed by atoms with Crippen molar-refractivity contribution < 1.29 is 9.84 Å². The van der Waals surface area contributed by atoms with Gasteiger partial charge >= 0.3 is 0 Å². The molecule has 3 aromatic heterocycles. The van der Waals surface area contributed by atoms with Crippen LogP contribution in [0.25, 0.3) is 33.9 Å². The van der Waals surface area contributed by atoms with Gasteiger partial charge in [-0.3, -0.25) is 9.97 Å². The topological polar surface area (TPSA) is 81.0 Å². The summed E-state index contributed by atoms with van der Waals surface area (Å²) in [5.41, 5.74) is 4.91. The second kappa shape index (κ2) is 11.5. The first-order valence-corrected chi connectivity index (χ1v) is 11.5. The van der Waals surface area contributed by atoms with Gasteiger partial charge in [-0.2, -0.15) is 4.98 Å². The average Bonchev–Trinajstić information content (AvgIpc) is 2.94. The van der Waals surface area contributed by atoms with E-state index in [4.69, 9.17) is 9.72 Å². The van der Waals surface area contributed by atoms with Gasteiger partial charge in [-0.25, -0.2) is 4.98 Å². The Balaban J connectivity index is 0.00000141. The lowest BCUT2D eigenvalue weighted by Crippen LogP contribution is -2.01. The normalized spacial score (nSPS) is 10.2. The zero-order valence-corrected chi connectivity index (χ0v) is 19.7. The second-order valence-electron chi connectivity index (χ2n) is 7.42. The fourth-order valence-electron chi connectivity index (χ4n) is 3.41. The number of phenols is 1. The molecule has 0 fully saturated rings. The Hall–Kier alpha value is -4.58. The van der Waals surface area contributed by atoms with Gasteiger partial charge in [-0.05, 0) is 41.5 Å². The van der Waals surface area contributed by atoms with E-state index in [1.54, 1.807) is 42.9 Å². The molecule has 0 aliphatic carbocycles. The van der Waals surface area contributed by atoms with Crippen molar-refractivity contribution in [2.45, 2.75) is 20.5 Å². The molecule has 0 radical (unpaired) electrons. The van der Waals surface area contributed by atoms with Crippen LogP contribution in [0, 0.1) is 0 Å². The summed E-state index contributed by atoms with van der Waals surface area (Å²) in [4.78, 5) is 18.1. The molecule has 6 heteroatoms. The van der Waals surface area contributed by atoms with Crippen LogP contribution < -0.4 is 4.74 Å². The standard InChI is InChI=1S/C27H20N4O2.C2H6/c32-23-10-6-9-20(14-23)21-13-22(17-28-16-21)25-15-26(33-18-19-7-2-1-3-8-19)31-27(30-25)24-11-4-5-12-29-24;1-2/h1-17,32H,18H2;1-2H3. The Morgan fingerprint density at radius 2 is 1.51 bits per heavy atom. The fraction of sp³-hybridized carbons (Fsp3) is 0.103. The molecule has 5 rings (SSSR count). The molecule has 1 N–H and O–H groups in total. The molecule has 0 saturated heterocycles. The van der Waals surface area contributed by atoms with Crippen molar-refractivity contribution in [3.05, 3.63) is 109 Å². The van der Waals surface area contributed by atoms with Gasteiger partial charge < -0.3 is 9.84 Å². The van der Waals surface area contributed by atoms with Gasteiger partial charge in [0.2, 0.25) is 5.88 Å². The minimum absolute atomic E-state index is 0.203. The lowest BCUT2D eigenvalue weighted by molar-refractivity contribution is 0.294. The maximum absolute atomic E-state index is 9.85. The average molecular weight is 463 g/mol. The number of pyridine rings is 2. The van der Waals surface area contributed by atoms with E-state index in [2.05, 4.69) is 15.0 Å². The molecule has 35 heavy (non-hydrogen) atoms. The van der Waals surface area contributed by atoms with Gasteiger partial charge in [0.15, 0.2) is 5.82 Å². The fourth-order valence-corrected chi connectivity index (χ4v) is 3.41. The number of aromatic nitrogens is 4. The summed E-state index contributed by atoms with van der Waals surface area (Å²) >= 11 is 0. The number of phenolic OH excluding ortho intramolecular Hbond substituents is 1. The highest BCUT2D eigenvalue weighted by molar-refractivity contribution is 5.72. The van der Waals surface area contributed by atoms with Crippen LogP contribution in [0.1, 0.15) is 19.4 Å². The Labute approximate surface area is 205 Å². The van der Waals surface area contributed by atoms with Crippen LogP contribution in [0.2, 0.25) is 0 Å². The van der Waals surface area contributed by atoms with Crippen molar-refractivity contribution >= 4 is 0 Å². The van der Waals surface area contributed by atoms with Gasteiger partial charge in [0.25, 0.3) is 0 Å². The van der Waals surface area contributed by atoms with E-state index in [0.717, 1.165) is 22.3 Å². The Morgan fingerprint density at radius 3 is 2.29 bits per heavy atom. The molecule has 0 saturated carbocycles. The summed E-state index contributed by atoms with van der Waals surface area (Å²) in [5.74, 6) is 1.13. The van der Waals surface area contributed by atoms with Crippen molar-refractivity contribution in [3.8, 4) is 45.5 Å². The maximum atomic E-state index is 9.85. The third kappa shape index (κ3) is 6.06. The number of rotatable bonds is 6. The van der Waals surface area contributed by atoms with E-state index in [-0.39, 0.29) is 5.75 Å².